The number of hydrogen-bond acceptors (Lipinski definition) is 5. The Balaban J connectivity index is 1.69. The molecule has 0 aliphatic rings. The van der Waals surface area contributed by atoms with Gasteiger partial charge < -0.3 is 9.47 Å². The summed E-state index contributed by atoms with van der Waals surface area (Å²) in [5.41, 5.74) is 4.28. The van der Waals surface area contributed by atoms with E-state index in [-0.39, 0.29) is 18.1 Å². The average Bonchev–Trinajstić information content (AvgIpc) is 3.09. The average molecular weight is 420 g/mol. The van der Waals surface area contributed by atoms with Crippen LogP contribution < -0.4 is 4.90 Å². The van der Waals surface area contributed by atoms with Gasteiger partial charge in [-0.15, -0.1) is 10.2 Å². The summed E-state index contributed by atoms with van der Waals surface area (Å²) >= 11 is 1.37. The zero-order chi connectivity index (χ0) is 21.5. The molecule has 0 unspecified atom stereocenters. The molecule has 0 bridgehead atoms. The van der Waals surface area contributed by atoms with Crippen LogP contribution in [0.25, 0.3) is 0 Å². The summed E-state index contributed by atoms with van der Waals surface area (Å²) < 4.78 is 1.93. The molecule has 0 aliphatic carbocycles. The molecule has 7 heteroatoms. The molecule has 0 N–H and O–H groups in total. The van der Waals surface area contributed by atoms with E-state index in [4.69, 9.17) is 5.26 Å². The topological polar surface area (TPSA) is 74.8 Å². The molecule has 0 radical (unpaired) electrons. The first-order valence-corrected chi connectivity index (χ1v) is 10.8. The minimum atomic E-state index is -0.0499. The third-order valence-electron chi connectivity index (χ3n) is 5.01. The van der Waals surface area contributed by atoms with Gasteiger partial charge in [-0.1, -0.05) is 48.2 Å². The molecular weight excluding hydrogens is 394 g/mol. The van der Waals surface area contributed by atoms with Gasteiger partial charge in [-0.3, -0.25) is 4.79 Å². The van der Waals surface area contributed by atoms with Gasteiger partial charge in [-0.25, -0.2) is 0 Å². The molecule has 2 aromatic carbocycles. The summed E-state index contributed by atoms with van der Waals surface area (Å²) in [7, 11) is 1.92. The summed E-state index contributed by atoms with van der Waals surface area (Å²) in [5, 5.41) is 18.2. The van der Waals surface area contributed by atoms with Crippen LogP contribution in [0.4, 0.5) is 5.69 Å². The van der Waals surface area contributed by atoms with Gasteiger partial charge in [0.25, 0.3) is 0 Å². The molecule has 0 aliphatic heterocycles. The Bertz CT molecular complexity index is 1060. The highest BCUT2D eigenvalue weighted by atomic mass is 32.2. The maximum absolute atomic E-state index is 13.0. The SMILES string of the molecule is Cc1ccc(N(CCC#N)C(=O)CSc2nnc(Cc3ccccc3)n2C)cc1C. The van der Waals surface area contributed by atoms with Crippen molar-refractivity contribution < 1.29 is 4.79 Å². The first-order chi connectivity index (χ1) is 14.5. The molecule has 0 saturated carbocycles. The molecule has 1 amide bonds. The van der Waals surface area contributed by atoms with Crippen molar-refractivity contribution in [1.29, 1.82) is 5.26 Å². The summed E-state index contributed by atoms with van der Waals surface area (Å²) in [6.45, 7) is 4.43. The van der Waals surface area contributed by atoms with E-state index in [2.05, 4.69) is 28.4 Å². The maximum atomic E-state index is 13.0. The number of carbonyl (C=O) groups is 1. The van der Waals surface area contributed by atoms with Crippen molar-refractivity contribution in [3.05, 3.63) is 71.0 Å². The Labute approximate surface area is 181 Å². The highest BCUT2D eigenvalue weighted by Gasteiger charge is 2.18. The number of nitriles is 1. The maximum Gasteiger partial charge on any atom is 0.237 e. The Morgan fingerprint density at radius 2 is 1.90 bits per heavy atom. The predicted octanol–water partition coefficient (Wildman–Crippen LogP) is 4.06. The monoisotopic (exact) mass is 419 g/mol. The van der Waals surface area contributed by atoms with E-state index in [1.165, 1.54) is 17.3 Å². The number of benzene rings is 2. The van der Waals surface area contributed by atoms with Crippen molar-refractivity contribution in [2.45, 2.75) is 31.8 Å². The number of hydrogen-bond donors (Lipinski definition) is 0. The summed E-state index contributed by atoms with van der Waals surface area (Å²) in [6.07, 6.45) is 0.976. The van der Waals surface area contributed by atoms with E-state index >= 15 is 0 Å². The zero-order valence-corrected chi connectivity index (χ0v) is 18.3. The van der Waals surface area contributed by atoms with Gasteiger partial charge in [-0.2, -0.15) is 5.26 Å². The van der Waals surface area contributed by atoms with Gasteiger partial charge in [0.15, 0.2) is 5.16 Å². The zero-order valence-electron chi connectivity index (χ0n) is 17.5. The number of aryl methyl sites for hydroxylation is 2. The van der Waals surface area contributed by atoms with Crippen LogP contribution in [0.2, 0.25) is 0 Å². The van der Waals surface area contributed by atoms with Crippen LogP contribution in [0.15, 0.2) is 53.7 Å². The second-order valence-electron chi connectivity index (χ2n) is 7.13. The molecule has 0 spiro atoms. The number of anilines is 1. The molecular formula is C23H25N5OS. The summed E-state index contributed by atoms with van der Waals surface area (Å²) in [6, 6.07) is 18.2. The lowest BCUT2D eigenvalue weighted by molar-refractivity contribution is -0.116. The van der Waals surface area contributed by atoms with Gasteiger partial charge in [0, 0.05) is 25.7 Å². The van der Waals surface area contributed by atoms with Crippen molar-refractivity contribution >= 4 is 23.4 Å². The van der Waals surface area contributed by atoms with Crippen molar-refractivity contribution in [2.75, 3.05) is 17.2 Å². The molecule has 1 aromatic heterocycles. The largest absolute Gasteiger partial charge is 0.311 e. The molecule has 154 valence electrons. The second-order valence-corrected chi connectivity index (χ2v) is 8.07. The fourth-order valence-corrected chi connectivity index (χ4v) is 3.87. The van der Waals surface area contributed by atoms with E-state index in [9.17, 15) is 4.79 Å². The van der Waals surface area contributed by atoms with Crippen LogP contribution in [0, 0.1) is 25.2 Å². The number of carbonyl (C=O) groups excluding carboxylic acids is 1. The van der Waals surface area contributed by atoms with Crippen LogP contribution in [0.1, 0.15) is 28.9 Å². The molecule has 0 saturated heterocycles. The van der Waals surface area contributed by atoms with E-state index in [1.54, 1.807) is 4.90 Å². The predicted molar refractivity (Wildman–Crippen MR) is 119 cm³/mol. The van der Waals surface area contributed by atoms with Crippen LogP contribution in [0.5, 0.6) is 0 Å². The molecule has 3 aromatic rings. The van der Waals surface area contributed by atoms with E-state index in [0.717, 1.165) is 22.6 Å². The fraction of sp³-hybridized carbons (Fsp3) is 0.304. The number of amides is 1. The fourth-order valence-electron chi connectivity index (χ4n) is 3.06. The molecule has 30 heavy (non-hydrogen) atoms. The molecule has 3 rings (SSSR count). The normalized spacial score (nSPS) is 10.6. The van der Waals surface area contributed by atoms with Crippen molar-refractivity contribution in [1.82, 2.24) is 14.8 Å². The Morgan fingerprint density at radius 1 is 1.13 bits per heavy atom. The molecule has 0 fully saturated rings. The number of rotatable bonds is 8. The highest BCUT2D eigenvalue weighted by Crippen LogP contribution is 2.23. The van der Waals surface area contributed by atoms with Gasteiger partial charge in [0.05, 0.1) is 18.2 Å². The van der Waals surface area contributed by atoms with Crippen LogP contribution >= 0.6 is 11.8 Å². The Morgan fingerprint density at radius 3 is 2.60 bits per heavy atom. The third kappa shape index (κ3) is 5.28. The quantitative estimate of drug-likeness (QED) is 0.515. The highest BCUT2D eigenvalue weighted by molar-refractivity contribution is 7.99. The van der Waals surface area contributed by atoms with E-state index < -0.39 is 0 Å². The molecule has 0 atom stereocenters. The minimum Gasteiger partial charge on any atom is -0.311 e. The Hall–Kier alpha value is -3.11. The van der Waals surface area contributed by atoms with Gasteiger partial charge in [0.2, 0.25) is 5.91 Å². The Kier molecular flexibility index (Phi) is 7.26. The number of aromatic nitrogens is 3. The first-order valence-electron chi connectivity index (χ1n) is 9.79. The third-order valence-corrected chi connectivity index (χ3v) is 6.01. The summed E-state index contributed by atoms with van der Waals surface area (Å²) in [5.74, 6) is 1.04. The van der Waals surface area contributed by atoms with Gasteiger partial charge >= 0.3 is 0 Å². The van der Waals surface area contributed by atoms with Crippen LogP contribution in [0.3, 0.4) is 0 Å². The second kappa shape index (κ2) is 10.1. The molecule has 1 heterocycles. The lowest BCUT2D eigenvalue weighted by Crippen LogP contribution is -2.33. The van der Waals surface area contributed by atoms with Gasteiger partial charge in [-0.05, 0) is 42.7 Å². The summed E-state index contributed by atoms with van der Waals surface area (Å²) in [4.78, 5) is 14.7. The van der Waals surface area contributed by atoms with E-state index in [0.29, 0.717) is 18.1 Å². The standard InChI is InChI=1S/C23H25N5OS/c1-17-10-11-20(14-18(17)2)28(13-7-12-24)22(29)16-30-23-26-25-21(27(23)3)15-19-8-5-4-6-9-19/h4-6,8-11,14H,7,13,15-16H2,1-3H3. The van der Waals surface area contributed by atoms with Crippen molar-refractivity contribution in [3.63, 3.8) is 0 Å². The van der Waals surface area contributed by atoms with Crippen molar-refractivity contribution in [2.24, 2.45) is 7.05 Å². The lowest BCUT2D eigenvalue weighted by atomic mass is 10.1. The van der Waals surface area contributed by atoms with Crippen LogP contribution in [-0.2, 0) is 18.3 Å². The van der Waals surface area contributed by atoms with Crippen molar-refractivity contribution in [3.8, 4) is 6.07 Å². The smallest absolute Gasteiger partial charge is 0.237 e. The molecule has 6 nitrogen and oxygen atoms in total. The van der Waals surface area contributed by atoms with Crippen LogP contribution in [-0.4, -0.2) is 33.0 Å². The minimum absolute atomic E-state index is 0.0499. The first kappa shape index (κ1) is 21.6. The number of thioether (sulfide) groups is 1. The van der Waals surface area contributed by atoms with Gasteiger partial charge in [0.1, 0.15) is 5.82 Å². The number of nitrogens with zero attached hydrogens (tertiary/aromatic N) is 5. The van der Waals surface area contributed by atoms with E-state index in [1.807, 2.05) is 61.9 Å². The lowest BCUT2D eigenvalue weighted by Gasteiger charge is -2.22.